The Labute approximate surface area is 285 Å². The van der Waals surface area contributed by atoms with Crippen LogP contribution in [0.5, 0.6) is 0 Å². The quantitative estimate of drug-likeness (QED) is 0.197. The number of ketones is 3. The molecule has 49 heavy (non-hydrogen) atoms. The number of alkyl halides is 3. The molecule has 0 radical (unpaired) electrons. The second-order valence-corrected chi connectivity index (χ2v) is 17.3. The Balaban J connectivity index is 1.11. The monoisotopic (exact) mass is 717 g/mol. The van der Waals surface area contributed by atoms with E-state index in [0.717, 1.165) is 19.3 Å². The fourth-order valence-corrected chi connectivity index (χ4v) is 10.8. The second kappa shape index (κ2) is 14.0. The summed E-state index contributed by atoms with van der Waals surface area (Å²) in [5.41, 5.74) is -0.850. The maximum atomic E-state index is 14.0. The van der Waals surface area contributed by atoms with E-state index in [1.807, 2.05) is 13.8 Å². The van der Waals surface area contributed by atoms with Gasteiger partial charge in [-0.2, -0.15) is 8.78 Å². The average molecular weight is 718 g/mol. The van der Waals surface area contributed by atoms with Crippen LogP contribution in [0.2, 0.25) is 0 Å². The fraction of sp³-hybridized carbons (Fsp3) is 0.857. The van der Waals surface area contributed by atoms with Gasteiger partial charge in [-0.1, -0.05) is 20.8 Å². The van der Waals surface area contributed by atoms with E-state index in [4.69, 9.17) is 9.47 Å². The van der Waals surface area contributed by atoms with Crippen molar-refractivity contribution < 1.29 is 59.6 Å². The van der Waals surface area contributed by atoms with E-state index in [0.29, 0.717) is 51.4 Å². The van der Waals surface area contributed by atoms with E-state index < -0.39 is 63.9 Å². The zero-order valence-electron chi connectivity index (χ0n) is 28.4. The van der Waals surface area contributed by atoms with Crippen LogP contribution >= 0.6 is 0 Å². The molecule has 5 aliphatic carbocycles. The maximum Gasteiger partial charge on any atom is 0.364 e. The van der Waals surface area contributed by atoms with Crippen LogP contribution < -0.4 is 0 Å². The van der Waals surface area contributed by atoms with Crippen molar-refractivity contribution in [2.45, 2.75) is 128 Å². The minimum absolute atomic E-state index is 0.00905. The van der Waals surface area contributed by atoms with Gasteiger partial charge in [0.25, 0.3) is 0 Å². The van der Waals surface area contributed by atoms with Crippen molar-refractivity contribution in [2.75, 3.05) is 6.61 Å². The predicted octanol–water partition coefficient (Wildman–Crippen LogP) is 5.50. The Hall–Kier alpha value is -2.35. The zero-order valence-corrected chi connectivity index (χ0v) is 29.2. The Morgan fingerprint density at radius 1 is 1.02 bits per heavy atom. The van der Waals surface area contributed by atoms with E-state index in [9.17, 15) is 50.1 Å². The number of esters is 2. The molecule has 14 heteroatoms. The number of halogens is 3. The number of carbonyl (C=O) groups is 5. The molecule has 0 aromatic carbocycles. The summed E-state index contributed by atoms with van der Waals surface area (Å²) in [6.07, 6.45) is 1.02. The lowest BCUT2D eigenvalue weighted by Gasteiger charge is -2.58. The first-order chi connectivity index (χ1) is 22.8. The second-order valence-electron chi connectivity index (χ2n) is 15.9. The van der Waals surface area contributed by atoms with Crippen LogP contribution in [0.4, 0.5) is 13.2 Å². The minimum atomic E-state index is -6.21. The molecule has 5 fully saturated rings. The first-order valence-corrected chi connectivity index (χ1v) is 19.1. The molecular weight excluding hydrogens is 669 g/mol. The van der Waals surface area contributed by atoms with Gasteiger partial charge in [0.1, 0.15) is 23.5 Å². The van der Waals surface area contributed by atoms with Crippen LogP contribution in [0.1, 0.15) is 111 Å². The van der Waals surface area contributed by atoms with Gasteiger partial charge in [-0.15, -0.1) is 0 Å². The molecule has 5 rings (SSSR count). The van der Waals surface area contributed by atoms with Crippen molar-refractivity contribution in [1.82, 2.24) is 0 Å². The number of fused-ring (bicyclic) bond motifs is 5. The van der Waals surface area contributed by atoms with Gasteiger partial charge in [-0.3, -0.25) is 24.0 Å². The zero-order chi connectivity index (χ0) is 36.1. The number of hydrogen-bond acceptors (Lipinski definition) is 10. The molecule has 0 aromatic rings. The first kappa shape index (κ1) is 37.9. The molecular formula is C35H48F3O10S-. The van der Waals surface area contributed by atoms with Crippen LogP contribution in [0.25, 0.3) is 0 Å². The van der Waals surface area contributed by atoms with Gasteiger partial charge in [-0.25, -0.2) is 12.8 Å². The highest BCUT2D eigenvalue weighted by atomic mass is 32.2. The van der Waals surface area contributed by atoms with Gasteiger partial charge in [0.15, 0.2) is 16.3 Å². The molecule has 276 valence electrons. The topological polar surface area (TPSA) is 161 Å². The number of hydrogen-bond donors (Lipinski definition) is 0. The summed E-state index contributed by atoms with van der Waals surface area (Å²) in [6.45, 7) is 5.39. The summed E-state index contributed by atoms with van der Waals surface area (Å²) < 4.78 is 82.6. The van der Waals surface area contributed by atoms with Crippen LogP contribution in [0.15, 0.2) is 0 Å². The summed E-state index contributed by atoms with van der Waals surface area (Å²) in [4.78, 5) is 65.3. The maximum absolute atomic E-state index is 14.0. The Morgan fingerprint density at radius 2 is 1.73 bits per heavy atom. The summed E-state index contributed by atoms with van der Waals surface area (Å²) in [5.74, 6) is -1.63. The molecule has 0 N–H and O–H groups in total. The molecule has 0 heterocycles. The molecule has 0 spiro atoms. The van der Waals surface area contributed by atoms with Crippen molar-refractivity contribution >= 4 is 39.4 Å². The Bertz CT molecular complexity index is 1450. The lowest BCUT2D eigenvalue weighted by Crippen LogP contribution is -2.60. The third-order valence-corrected chi connectivity index (χ3v) is 14.2. The van der Waals surface area contributed by atoms with Gasteiger partial charge in [0.05, 0.1) is 12.5 Å². The fourth-order valence-electron chi connectivity index (χ4n) is 10.4. The smallest absolute Gasteiger partial charge is 0.364 e. The molecule has 0 amide bonds. The minimum Gasteiger partial charge on any atom is -0.743 e. The largest absolute Gasteiger partial charge is 0.743 e. The molecule has 11 atom stereocenters. The van der Waals surface area contributed by atoms with Crippen molar-refractivity contribution in [3.05, 3.63) is 0 Å². The highest BCUT2D eigenvalue weighted by molar-refractivity contribution is 7.86. The first-order valence-electron chi connectivity index (χ1n) is 17.7. The van der Waals surface area contributed by atoms with Gasteiger partial charge >= 0.3 is 17.2 Å². The van der Waals surface area contributed by atoms with E-state index >= 15 is 0 Å². The highest BCUT2D eigenvalue weighted by Crippen LogP contribution is 2.66. The SMILES string of the molecule is C[C@H](CCC(=O)OC1CCCC(C(=O)OCCC(F)C(F)(F)S(=O)(=O)[O-])C1)[C@H]1CC[C@H]2[C@@H]3C(=O)C[C@@H]4CC(=O)CC[C@]4(C)[C@H]3CC(=O)[C@]12C. The van der Waals surface area contributed by atoms with E-state index in [2.05, 4.69) is 6.92 Å². The molecule has 10 nitrogen and oxygen atoms in total. The molecule has 0 aliphatic heterocycles. The van der Waals surface area contributed by atoms with E-state index in [1.165, 1.54) is 0 Å². The van der Waals surface area contributed by atoms with Crippen molar-refractivity contribution in [3.8, 4) is 0 Å². The van der Waals surface area contributed by atoms with Crippen LogP contribution in [0, 0.1) is 52.3 Å². The lowest BCUT2D eigenvalue weighted by molar-refractivity contribution is -0.166. The van der Waals surface area contributed by atoms with Gasteiger partial charge in [-0.05, 0) is 86.4 Å². The van der Waals surface area contributed by atoms with Crippen molar-refractivity contribution in [1.29, 1.82) is 0 Å². The predicted molar refractivity (Wildman–Crippen MR) is 166 cm³/mol. The number of ether oxygens (including phenoxy) is 2. The lowest BCUT2D eigenvalue weighted by atomic mass is 9.44. The highest BCUT2D eigenvalue weighted by Gasteiger charge is 2.66. The standard InChI is InChI=1S/C35H49F3O10S/c1-19(7-10-30(42)48-23-6-4-5-20(15-23)32(43)47-14-12-28(36)35(37,38)49(44,45)46)24-8-9-25-31-26(18-29(41)34(24,25)3)33(2)13-11-22(39)16-21(33)17-27(31)40/h19-21,23-26,28,31H,4-18H2,1-3H3,(H,44,45,46)/p-1/t19-,20?,21+,23?,24-,25+,26+,28?,31+,33+,34-/m1/s1. The summed E-state index contributed by atoms with van der Waals surface area (Å²) >= 11 is 0. The van der Waals surface area contributed by atoms with Crippen molar-refractivity contribution in [2.24, 2.45) is 52.3 Å². The van der Waals surface area contributed by atoms with E-state index in [-0.39, 0.29) is 71.1 Å². The van der Waals surface area contributed by atoms with E-state index in [1.54, 1.807) is 0 Å². The Kier molecular flexibility index (Phi) is 10.8. The van der Waals surface area contributed by atoms with Crippen LogP contribution in [0.3, 0.4) is 0 Å². The van der Waals surface area contributed by atoms with Crippen LogP contribution in [-0.4, -0.2) is 66.4 Å². The summed E-state index contributed by atoms with van der Waals surface area (Å²) in [5, 5.41) is -5.14. The molecule has 0 aromatic heterocycles. The average Bonchev–Trinajstić information content (AvgIpc) is 3.39. The van der Waals surface area contributed by atoms with Crippen molar-refractivity contribution in [3.63, 3.8) is 0 Å². The third-order valence-electron chi connectivity index (χ3n) is 13.3. The van der Waals surface area contributed by atoms with Gasteiger partial charge in [0.2, 0.25) is 0 Å². The number of carbonyl (C=O) groups excluding carboxylic acids is 5. The Morgan fingerprint density at radius 3 is 2.43 bits per heavy atom. The van der Waals surface area contributed by atoms with Crippen LogP contribution in [-0.2, 0) is 43.6 Å². The molecule has 0 bridgehead atoms. The normalized spacial score (nSPS) is 37.8. The number of rotatable bonds is 11. The summed E-state index contributed by atoms with van der Waals surface area (Å²) in [7, 11) is -6.21. The van der Waals surface area contributed by atoms with Gasteiger partial charge in [0, 0.05) is 49.9 Å². The molecule has 5 aliphatic rings. The molecule has 5 saturated carbocycles. The molecule has 3 unspecified atom stereocenters. The van der Waals surface area contributed by atoms with Gasteiger partial charge < -0.3 is 14.0 Å². The number of Topliss-reactive ketones (excluding diaryl/α,β-unsaturated/α-hetero) is 3. The molecule has 0 saturated heterocycles. The summed E-state index contributed by atoms with van der Waals surface area (Å²) in [6, 6.07) is 0. The third kappa shape index (κ3) is 7.10.